The lowest BCUT2D eigenvalue weighted by molar-refractivity contribution is 0.634. The van der Waals surface area contributed by atoms with Crippen molar-refractivity contribution in [3.63, 3.8) is 0 Å². The van der Waals surface area contributed by atoms with Crippen LogP contribution >= 0.6 is 0 Å². The molecule has 0 spiro atoms. The molecule has 4 nitrogen and oxygen atoms in total. The van der Waals surface area contributed by atoms with E-state index in [9.17, 15) is 0 Å². The maximum Gasteiger partial charge on any atom is 0.178 e. The molecule has 0 atom stereocenters. The van der Waals surface area contributed by atoms with Gasteiger partial charge in [-0.05, 0) is 182 Å². The molecule has 9 aromatic carbocycles. The molecule has 0 saturated carbocycles. The number of hydrogen-bond acceptors (Lipinski definition) is 4. The summed E-state index contributed by atoms with van der Waals surface area (Å²) in [5.41, 5.74) is 20.2. The highest BCUT2D eigenvalue weighted by Crippen LogP contribution is 2.46. The molecule has 0 bridgehead atoms. The Balaban J connectivity index is 1.05. The molecule has 0 aliphatic rings. The Bertz CT molecular complexity index is 3220. The van der Waals surface area contributed by atoms with Gasteiger partial charge in [0.1, 0.15) is 11.2 Å². The minimum atomic E-state index is 0.776. The van der Waals surface area contributed by atoms with Gasteiger partial charge in [0.05, 0.1) is 22.7 Å². The van der Waals surface area contributed by atoms with E-state index in [4.69, 9.17) is 8.83 Å². The average molecular weight is 805 g/mol. The Kier molecular flexibility index (Phi) is 8.59. The number of hydrogen-bond donors (Lipinski definition) is 0. The van der Waals surface area contributed by atoms with Crippen molar-refractivity contribution in [2.75, 3.05) is 9.80 Å². The van der Waals surface area contributed by atoms with Crippen LogP contribution in [-0.4, -0.2) is 0 Å². The highest BCUT2D eigenvalue weighted by atomic mass is 16.4. The second-order valence-electron chi connectivity index (χ2n) is 17.4. The van der Waals surface area contributed by atoms with Gasteiger partial charge in [-0.1, -0.05) is 84.9 Å². The Morgan fingerprint density at radius 1 is 0.290 bits per heavy atom. The topological polar surface area (TPSA) is 32.8 Å². The fourth-order valence-electron chi connectivity index (χ4n) is 10.2. The van der Waals surface area contributed by atoms with Crippen molar-refractivity contribution >= 4 is 99.5 Å². The van der Waals surface area contributed by atoms with E-state index in [0.717, 1.165) is 76.8 Å². The molecule has 302 valence electrons. The van der Waals surface area contributed by atoms with Crippen LogP contribution in [0.2, 0.25) is 0 Å². The summed E-state index contributed by atoms with van der Waals surface area (Å²) < 4.78 is 13.7. The number of aryl methyl sites for hydroxylation is 8. The zero-order valence-electron chi connectivity index (χ0n) is 36.6. The van der Waals surface area contributed by atoms with Crippen LogP contribution in [0.15, 0.2) is 154 Å². The lowest BCUT2D eigenvalue weighted by atomic mass is 10.00. The monoisotopic (exact) mass is 804 g/mol. The van der Waals surface area contributed by atoms with Crippen LogP contribution < -0.4 is 9.80 Å². The van der Waals surface area contributed by atoms with E-state index in [2.05, 4.69) is 211 Å². The van der Waals surface area contributed by atoms with Crippen molar-refractivity contribution in [2.24, 2.45) is 0 Å². The zero-order chi connectivity index (χ0) is 42.6. The highest BCUT2D eigenvalue weighted by Gasteiger charge is 2.24. The van der Waals surface area contributed by atoms with E-state index in [1.807, 2.05) is 0 Å². The number of anilines is 6. The van der Waals surface area contributed by atoms with E-state index in [1.165, 1.54) is 67.3 Å². The third-order valence-electron chi connectivity index (χ3n) is 13.1. The molecule has 2 aromatic heterocycles. The van der Waals surface area contributed by atoms with Crippen LogP contribution in [0.3, 0.4) is 0 Å². The molecule has 0 N–H and O–H groups in total. The quantitative estimate of drug-likeness (QED) is 0.168. The van der Waals surface area contributed by atoms with Crippen molar-refractivity contribution in [3.05, 3.63) is 190 Å². The fraction of sp³-hybridized carbons (Fsp3) is 0.138. The van der Waals surface area contributed by atoms with Crippen LogP contribution in [0.25, 0.3) is 65.4 Å². The predicted octanol–water partition coefficient (Wildman–Crippen LogP) is 17.2. The maximum atomic E-state index is 6.83. The molecule has 0 saturated heterocycles. The summed E-state index contributed by atoms with van der Waals surface area (Å²) in [5.74, 6) is 0. The smallest absolute Gasteiger partial charge is 0.178 e. The second kappa shape index (κ2) is 14.1. The lowest BCUT2D eigenvalue weighted by Gasteiger charge is -2.31. The fourth-order valence-corrected chi connectivity index (χ4v) is 10.2. The third-order valence-corrected chi connectivity index (χ3v) is 13.1. The summed E-state index contributed by atoms with van der Waals surface area (Å²) in [7, 11) is 0. The van der Waals surface area contributed by atoms with Gasteiger partial charge >= 0.3 is 0 Å². The largest absolute Gasteiger partial charge is 0.452 e. The average Bonchev–Trinajstić information content (AvgIpc) is 3.80. The summed E-state index contributed by atoms with van der Waals surface area (Å²) in [6.45, 7) is 17.6. The van der Waals surface area contributed by atoms with Crippen molar-refractivity contribution < 1.29 is 8.83 Å². The van der Waals surface area contributed by atoms with Crippen molar-refractivity contribution in [2.45, 2.75) is 55.4 Å². The summed E-state index contributed by atoms with van der Waals surface area (Å²) in [4.78, 5) is 4.88. The summed E-state index contributed by atoms with van der Waals surface area (Å²) in [6.07, 6.45) is 0. The summed E-state index contributed by atoms with van der Waals surface area (Å²) >= 11 is 0. The molecule has 0 aliphatic heterocycles. The predicted molar refractivity (Wildman–Crippen MR) is 263 cm³/mol. The normalized spacial score (nSPS) is 11.9. The van der Waals surface area contributed by atoms with Crippen LogP contribution in [-0.2, 0) is 0 Å². The highest BCUT2D eigenvalue weighted by molar-refractivity contribution is 6.21. The third kappa shape index (κ3) is 5.81. The van der Waals surface area contributed by atoms with Crippen LogP contribution in [0, 0.1) is 55.4 Å². The second-order valence-corrected chi connectivity index (χ2v) is 17.4. The van der Waals surface area contributed by atoms with Crippen molar-refractivity contribution in [1.82, 2.24) is 0 Å². The first-order valence-corrected chi connectivity index (χ1v) is 21.6. The Morgan fingerprint density at radius 3 is 0.903 bits per heavy atom. The first-order chi connectivity index (χ1) is 30.0. The molecule has 4 heteroatoms. The number of nitrogens with zero attached hydrogens (tertiary/aromatic N) is 2. The lowest BCUT2D eigenvalue weighted by Crippen LogP contribution is -2.15. The Labute approximate surface area is 362 Å². The minimum Gasteiger partial charge on any atom is -0.452 e. The molecule has 0 aliphatic carbocycles. The Morgan fingerprint density at radius 2 is 0.597 bits per heavy atom. The Hall–Kier alpha value is -7.30. The van der Waals surface area contributed by atoms with Gasteiger partial charge in [0, 0.05) is 32.9 Å². The zero-order valence-corrected chi connectivity index (χ0v) is 36.6. The molecule has 0 unspecified atom stereocenters. The van der Waals surface area contributed by atoms with Gasteiger partial charge in [-0.25, -0.2) is 0 Å². The first kappa shape index (κ1) is 37.7. The molecule has 11 aromatic rings. The molecule has 0 radical (unpaired) electrons. The first-order valence-electron chi connectivity index (χ1n) is 21.6. The number of rotatable bonds is 6. The van der Waals surface area contributed by atoms with Crippen LogP contribution in [0.4, 0.5) is 34.1 Å². The van der Waals surface area contributed by atoms with Gasteiger partial charge in [0.15, 0.2) is 11.2 Å². The molecular weight excluding hydrogens is 757 g/mol. The standard InChI is InChI=1S/C58H48N2O2/c1-33-13-9-14-34(2)53(33)59(54-35(3)15-10-16-36(54)4)45-23-21-41-29-49-47-25-26-48-50-30-42-22-24-46(28-44(42)32-52(50)62-58(48)57(47)61-51(49)31-43(41)27-45)60(55-37(5)17-11-18-38(55)6)56-39(7)19-12-20-40(56)8/h9-32H,1-8H3. The van der Waals surface area contributed by atoms with E-state index < -0.39 is 0 Å². The van der Waals surface area contributed by atoms with Gasteiger partial charge in [0.2, 0.25) is 0 Å². The van der Waals surface area contributed by atoms with E-state index in [0.29, 0.717) is 0 Å². The molecule has 0 fully saturated rings. The van der Waals surface area contributed by atoms with Gasteiger partial charge in [0.25, 0.3) is 0 Å². The van der Waals surface area contributed by atoms with E-state index >= 15 is 0 Å². The number of benzene rings is 9. The molecule has 2 heterocycles. The van der Waals surface area contributed by atoms with Crippen LogP contribution in [0.5, 0.6) is 0 Å². The van der Waals surface area contributed by atoms with Gasteiger partial charge in [-0.2, -0.15) is 0 Å². The summed E-state index contributed by atoms with van der Waals surface area (Å²) in [6, 6.07) is 53.1. The van der Waals surface area contributed by atoms with Gasteiger partial charge in [-0.15, -0.1) is 0 Å². The SMILES string of the molecule is Cc1cccc(C)c1N(c1ccc2cc3c(cc2c1)oc1c3ccc2c3cc4ccc(N(c5c(C)cccc5C)c5c(C)cccc5C)cc4cc3oc21)c1c(C)cccc1C. The maximum absolute atomic E-state index is 6.83. The van der Waals surface area contributed by atoms with Crippen LogP contribution in [0.1, 0.15) is 44.5 Å². The summed E-state index contributed by atoms with van der Waals surface area (Å²) in [5, 5.41) is 8.83. The van der Waals surface area contributed by atoms with Crippen molar-refractivity contribution in [1.29, 1.82) is 0 Å². The van der Waals surface area contributed by atoms with Gasteiger partial charge in [-0.3, -0.25) is 0 Å². The number of para-hydroxylation sites is 4. The molecular formula is C58H48N2O2. The van der Waals surface area contributed by atoms with Crippen molar-refractivity contribution in [3.8, 4) is 0 Å². The number of fused-ring (bicyclic) bond motifs is 9. The van der Waals surface area contributed by atoms with E-state index in [-0.39, 0.29) is 0 Å². The molecule has 0 amide bonds. The van der Waals surface area contributed by atoms with Gasteiger partial charge < -0.3 is 18.6 Å². The van der Waals surface area contributed by atoms with E-state index in [1.54, 1.807) is 0 Å². The minimum absolute atomic E-state index is 0.776. The molecule has 62 heavy (non-hydrogen) atoms. The molecule has 11 rings (SSSR count). The number of furan rings is 2.